The van der Waals surface area contributed by atoms with E-state index in [-0.39, 0.29) is 17.2 Å². The second kappa shape index (κ2) is 7.58. The minimum atomic E-state index is -0.327. The molecule has 1 aromatic heterocycles. The van der Waals surface area contributed by atoms with E-state index in [2.05, 4.69) is 10.3 Å². The van der Waals surface area contributed by atoms with Gasteiger partial charge in [0.05, 0.1) is 5.41 Å². The molecule has 1 spiro atoms. The number of aromatic nitrogens is 1. The normalized spacial score (nSPS) is 23.4. The van der Waals surface area contributed by atoms with E-state index in [9.17, 15) is 9.59 Å². The number of nitrogens with zero attached hydrogens (tertiary/aromatic N) is 2. The number of allylic oxidation sites excluding steroid dienone is 1. The fourth-order valence-electron chi connectivity index (χ4n) is 4.37. The molecule has 1 saturated carbocycles. The van der Waals surface area contributed by atoms with Crippen LogP contribution in [0, 0.1) is 12.3 Å². The van der Waals surface area contributed by atoms with Crippen LogP contribution >= 0.6 is 0 Å². The summed E-state index contributed by atoms with van der Waals surface area (Å²) >= 11 is 0. The molecule has 2 heterocycles. The van der Waals surface area contributed by atoms with Gasteiger partial charge in [0.2, 0.25) is 5.91 Å². The van der Waals surface area contributed by atoms with Gasteiger partial charge in [-0.05, 0) is 63.3 Å². The van der Waals surface area contributed by atoms with E-state index in [4.69, 9.17) is 0 Å². The highest BCUT2D eigenvalue weighted by molar-refractivity contribution is 6.00. The van der Waals surface area contributed by atoms with Gasteiger partial charge < -0.3 is 10.2 Å². The van der Waals surface area contributed by atoms with Gasteiger partial charge in [-0.3, -0.25) is 9.59 Å². The Labute approximate surface area is 165 Å². The Hall–Kier alpha value is -2.95. The van der Waals surface area contributed by atoms with Crippen molar-refractivity contribution in [3.63, 3.8) is 0 Å². The van der Waals surface area contributed by atoms with Gasteiger partial charge in [0.1, 0.15) is 5.69 Å². The zero-order chi connectivity index (χ0) is 19.6. The number of aryl methyl sites for hydroxylation is 1. The number of hydrogen-bond acceptors (Lipinski definition) is 3. The summed E-state index contributed by atoms with van der Waals surface area (Å²) in [6.45, 7) is 2.63. The second-order valence-electron chi connectivity index (χ2n) is 7.79. The van der Waals surface area contributed by atoms with Gasteiger partial charge in [0, 0.05) is 24.1 Å². The minimum absolute atomic E-state index is 0.209. The fraction of sp³-hybridized carbons (Fsp3) is 0.348. The first-order chi connectivity index (χ1) is 13.6. The molecule has 2 amide bonds. The molecule has 1 aliphatic carbocycles. The van der Waals surface area contributed by atoms with Crippen molar-refractivity contribution in [2.75, 3.05) is 11.4 Å². The van der Waals surface area contributed by atoms with Gasteiger partial charge in [-0.2, -0.15) is 0 Å². The van der Waals surface area contributed by atoms with Crippen LogP contribution in [0.15, 0.2) is 60.3 Å². The van der Waals surface area contributed by atoms with Crippen LogP contribution in [0.4, 0.5) is 5.69 Å². The SMILES string of the molecule is Cc1cccc(C(=O)N/C=C2/CCCC3(CCN(c4ccccc4)C3=O)C2)n1. The predicted octanol–water partition coefficient (Wildman–Crippen LogP) is 4.00. The van der Waals surface area contributed by atoms with E-state index in [0.717, 1.165) is 55.6 Å². The molecule has 1 unspecified atom stereocenters. The molecule has 5 heteroatoms. The van der Waals surface area contributed by atoms with Gasteiger partial charge in [-0.1, -0.05) is 29.8 Å². The number of anilines is 1. The molecule has 1 saturated heterocycles. The molecule has 28 heavy (non-hydrogen) atoms. The largest absolute Gasteiger partial charge is 0.327 e. The van der Waals surface area contributed by atoms with Crippen LogP contribution in [0.5, 0.6) is 0 Å². The number of pyridine rings is 1. The average molecular weight is 375 g/mol. The molecule has 1 aromatic carbocycles. The Morgan fingerprint density at radius 2 is 1.96 bits per heavy atom. The van der Waals surface area contributed by atoms with Crippen molar-refractivity contribution in [2.24, 2.45) is 5.41 Å². The van der Waals surface area contributed by atoms with Crippen LogP contribution in [-0.2, 0) is 4.79 Å². The lowest BCUT2D eigenvalue weighted by atomic mass is 9.71. The van der Waals surface area contributed by atoms with E-state index in [1.807, 2.05) is 54.3 Å². The summed E-state index contributed by atoms with van der Waals surface area (Å²) in [5, 5.41) is 2.87. The third kappa shape index (κ3) is 3.57. The van der Waals surface area contributed by atoms with Crippen molar-refractivity contribution >= 4 is 17.5 Å². The van der Waals surface area contributed by atoms with Crippen molar-refractivity contribution in [1.29, 1.82) is 0 Å². The maximum atomic E-state index is 13.2. The van der Waals surface area contributed by atoms with E-state index in [0.29, 0.717) is 5.69 Å². The standard InChI is InChI=1S/C23H25N3O2/c1-17-7-5-11-20(25-17)21(27)24-16-18-8-6-12-23(15-18)13-14-26(22(23)28)19-9-3-2-4-10-19/h2-5,7,9-11,16H,6,8,12-15H2,1H3,(H,24,27)/b18-16-. The number of nitrogens with one attached hydrogen (secondary N) is 1. The molecular formula is C23H25N3O2. The first-order valence-corrected chi connectivity index (χ1v) is 9.87. The monoisotopic (exact) mass is 375 g/mol. The topological polar surface area (TPSA) is 62.3 Å². The Morgan fingerprint density at radius 3 is 2.75 bits per heavy atom. The molecule has 4 rings (SSSR count). The molecular weight excluding hydrogens is 350 g/mol. The van der Waals surface area contributed by atoms with Crippen LogP contribution in [0.2, 0.25) is 0 Å². The zero-order valence-corrected chi connectivity index (χ0v) is 16.1. The maximum Gasteiger partial charge on any atom is 0.273 e. The van der Waals surface area contributed by atoms with Gasteiger partial charge in [0.15, 0.2) is 0 Å². The summed E-state index contributed by atoms with van der Waals surface area (Å²) < 4.78 is 0. The van der Waals surface area contributed by atoms with Crippen molar-refractivity contribution < 1.29 is 9.59 Å². The Bertz CT molecular complexity index is 922. The Balaban J connectivity index is 1.46. The van der Waals surface area contributed by atoms with E-state index >= 15 is 0 Å². The number of hydrogen-bond donors (Lipinski definition) is 1. The first kappa shape index (κ1) is 18.4. The highest BCUT2D eigenvalue weighted by atomic mass is 16.2. The summed E-state index contributed by atoms with van der Waals surface area (Å²) in [7, 11) is 0. The molecule has 2 aromatic rings. The number of rotatable bonds is 3. The fourth-order valence-corrected chi connectivity index (χ4v) is 4.37. The lowest BCUT2D eigenvalue weighted by molar-refractivity contribution is -0.126. The minimum Gasteiger partial charge on any atom is -0.327 e. The first-order valence-electron chi connectivity index (χ1n) is 9.87. The number of carbonyl (C=O) groups excluding carboxylic acids is 2. The van der Waals surface area contributed by atoms with Crippen molar-refractivity contribution in [2.45, 2.75) is 39.0 Å². The highest BCUT2D eigenvalue weighted by Gasteiger charge is 2.48. The quantitative estimate of drug-likeness (QED) is 0.882. The maximum absolute atomic E-state index is 13.2. The third-order valence-electron chi connectivity index (χ3n) is 5.83. The average Bonchev–Trinajstić information content (AvgIpc) is 3.02. The molecule has 2 fully saturated rings. The summed E-state index contributed by atoms with van der Waals surface area (Å²) in [5.74, 6) is 0.00969. The molecule has 0 bridgehead atoms. The van der Waals surface area contributed by atoms with Crippen molar-refractivity contribution in [3.05, 3.63) is 71.7 Å². The number of amides is 2. The predicted molar refractivity (Wildman–Crippen MR) is 109 cm³/mol. The summed E-state index contributed by atoms with van der Waals surface area (Å²) in [5.41, 5.74) is 3.01. The number of para-hydroxylation sites is 1. The molecule has 1 atom stereocenters. The smallest absolute Gasteiger partial charge is 0.273 e. The van der Waals surface area contributed by atoms with Gasteiger partial charge >= 0.3 is 0 Å². The molecule has 2 aliphatic rings. The van der Waals surface area contributed by atoms with E-state index in [1.54, 1.807) is 12.3 Å². The molecule has 5 nitrogen and oxygen atoms in total. The second-order valence-corrected chi connectivity index (χ2v) is 7.79. The van der Waals surface area contributed by atoms with Gasteiger partial charge in [-0.15, -0.1) is 0 Å². The third-order valence-corrected chi connectivity index (χ3v) is 5.83. The molecule has 0 radical (unpaired) electrons. The van der Waals surface area contributed by atoms with E-state index < -0.39 is 0 Å². The molecule has 144 valence electrons. The summed E-state index contributed by atoms with van der Waals surface area (Å²) in [6, 6.07) is 15.3. The summed E-state index contributed by atoms with van der Waals surface area (Å²) in [4.78, 5) is 31.8. The van der Waals surface area contributed by atoms with Gasteiger partial charge in [0.25, 0.3) is 5.91 Å². The Morgan fingerprint density at radius 1 is 1.14 bits per heavy atom. The highest BCUT2D eigenvalue weighted by Crippen LogP contribution is 2.47. The number of carbonyl (C=O) groups is 2. The van der Waals surface area contributed by atoms with Crippen molar-refractivity contribution in [3.8, 4) is 0 Å². The Kier molecular flexibility index (Phi) is 4.99. The van der Waals surface area contributed by atoms with Crippen LogP contribution in [0.25, 0.3) is 0 Å². The van der Waals surface area contributed by atoms with Crippen molar-refractivity contribution in [1.82, 2.24) is 10.3 Å². The van der Waals surface area contributed by atoms with Gasteiger partial charge in [-0.25, -0.2) is 4.98 Å². The zero-order valence-electron chi connectivity index (χ0n) is 16.1. The van der Waals surface area contributed by atoms with E-state index in [1.165, 1.54) is 0 Å². The van der Waals surface area contributed by atoms with Crippen LogP contribution < -0.4 is 10.2 Å². The molecule has 1 aliphatic heterocycles. The molecule has 1 N–H and O–H groups in total. The summed E-state index contributed by atoms with van der Waals surface area (Å²) in [6.07, 6.45) is 6.19. The van der Waals surface area contributed by atoms with Crippen LogP contribution in [0.1, 0.15) is 48.3 Å². The number of benzene rings is 1. The lowest BCUT2D eigenvalue weighted by Gasteiger charge is -2.33. The van der Waals surface area contributed by atoms with Crippen LogP contribution in [0.3, 0.4) is 0 Å². The lowest BCUT2D eigenvalue weighted by Crippen LogP contribution is -2.37. The van der Waals surface area contributed by atoms with Crippen LogP contribution in [-0.4, -0.2) is 23.3 Å².